The molecule has 7 nitrogen and oxygen atoms in total. The second kappa shape index (κ2) is 13.2. The molecule has 3 aromatic rings. The number of aliphatic hydroxyl groups is 1. The predicted molar refractivity (Wildman–Crippen MR) is 135 cm³/mol. The smallest absolute Gasteiger partial charge is 0.408 e. The van der Waals surface area contributed by atoms with E-state index in [0.717, 1.165) is 16.7 Å². The molecule has 0 aliphatic heterocycles. The van der Waals surface area contributed by atoms with E-state index < -0.39 is 25.5 Å². The summed E-state index contributed by atoms with van der Waals surface area (Å²) in [5.41, 5.74) is 3.43. The molecule has 0 radical (unpaired) electrons. The van der Waals surface area contributed by atoms with E-state index in [2.05, 4.69) is 5.32 Å². The Labute approximate surface area is 206 Å². The summed E-state index contributed by atoms with van der Waals surface area (Å²) in [4.78, 5) is 23.4. The van der Waals surface area contributed by atoms with Crippen LogP contribution in [0.4, 0.5) is 4.79 Å². The van der Waals surface area contributed by atoms with E-state index in [1.54, 1.807) is 12.1 Å². The van der Waals surface area contributed by atoms with E-state index in [-0.39, 0.29) is 32.2 Å². The lowest BCUT2D eigenvalue weighted by molar-refractivity contribution is -0.112. The number of hydrogen-bond acceptors (Lipinski definition) is 5. The number of aryl methyl sites for hydroxylation is 1. The molecule has 3 atom stereocenters. The highest BCUT2D eigenvalue weighted by Gasteiger charge is 2.33. The molecule has 0 heterocycles. The standard InChI is InChI=1S/C27H32NO6P/c1-21-12-14-24(15-13-21)20-35(31,32)25(28-27(30)34-19-23-10-6-3-7-11-23)16-17-26(29)33-18-22-8-4-2-5-9-22/h2-15,25-26,29H,16-20H2,1H3,(H,28,30)(H,31,32). The molecule has 0 aromatic heterocycles. The van der Waals surface area contributed by atoms with E-state index >= 15 is 0 Å². The topological polar surface area (TPSA) is 105 Å². The van der Waals surface area contributed by atoms with Crippen LogP contribution in [0.5, 0.6) is 0 Å². The molecule has 0 fully saturated rings. The van der Waals surface area contributed by atoms with Gasteiger partial charge in [0, 0.05) is 6.42 Å². The molecule has 0 aliphatic rings. The van der Waals surface area contributed by atoms with E-state index in [9.17, 15) is 19.4 Å². The number of hydrogen-bond donors (Lipinski definition) is 3. The second-order valence-corrected chi connectivity index (χ2v) is 10.9. The third-order valence-corrected chi connectivity index (χ3v) is 7.67. The van der Waals surface area contributed by atoms with Gasteiger partial charge in [0.25, 0.3) is 0 Å². The predicted octanol–water partition coefficient (Wildman–Crippen LogP) is 5.33. The van der Waals surface area contributed by atoms with Crippen LogP contribution in [0, 0.1) is 6.92 Å². The largest absolute Gasteiger partial charge is 0.445 e. The van der Waals surface area contributed by atoms with Crippen LogP contribution >= 0.6 is 7.37 Å². The molecular weight excluding hydrogens is 465 g/mol. The Morgan fingerprint density at radius 3 is 2.03 bits per heavy atom. The van der Waals surface area contributed by atoms with E-state index in [4.69, 9.17) is 9.47 Å². The summed E-state index contributed by atoms with van der Waals surface area (Å²) < 4.78 is 24.1. The van der Waals surface area contributed by atoms with Crippen LogP contribution in [0.25, 0.3) is 0 Å². The Hall–Kier alpha value is -2.96. The van der Waals surface area contributed by atoms with Crippen LogP contribution in [-0.4, -0.2) is 28.2 Å². The van der Waals surface area contributed by atoms with Gasteiger partial charge in [-0.3, -0.25) is 4.57 Å². The average molecular weight is 498 g/mol. The number of ether oxygens (including phenoxy) is 2. The number of amides is 1. The molecule has 3 aromatic carbocycles. The Bertz CT molecular complexity index is 1090. The number of carbonyl (C=O) groups excluding carboxylic acids is 1. The highest BCUT2D eigenvalue weighted by Crippen LogP contribution is 2.50. The van der Waals surface area contributed by atoms with Crippen molar-refractivity contribution in [3.63, 3.8) is 0 Å². The lowest BCUT2D eigenvalue weighted by Gasteiger charge is -2.25. The van der Waals surface area contributed by atoms with Gasteiger partial charge in [-0.1, -0.05) is 90.5 Å². The van der Waals surface area contributed by atoms with Gasteiger partial charge in [-0.25, -0.2) is 4.79 Å². The van der Waals surface area contributed by atoms with Gasteiger partial charge in [0.05, 0.1) is 12.8 Å². The minimum absolute atomic E-state index is 0.0376. The summed E-state index contributed by atoms with van der Waals surface area (Å²) in [6.45, 7) is 2.18. The van der Waals surface area contributed by atoms with Crippen molar-refractivity contribution in [1.29, 1.82) is 0 Å². The third-order valence-electron chi connectivity index (χ3n) is 5.49. The maximum Gasteiger partial charge on any atom is 0.408 e. The van der Waals surface area contributed by atoms with Gasteiger partial charge >= 0.3 is 6.09 Å². The Morgan fingerprint density at radius 2 is 1.43 bits per heavy atom. The molecular formula is C27H32NO6P. The fourth-order valence-electron chi connectivity index (χ4n) is 3.49. The van der Waals surface area contributed by atoms with E-state index in [1.807, 2.05) is 79.7 Å². The van der Waals surface area contributed by atoms with Crippen molar-refractivity contribution >= 4 is 13.5 Å². The maximum absolute atomic E-state index is 13.3. The zero-order valence-corrected chi connectivity index (χ0v) is 20.6. The SMILES string of the molecule is Cc1ccc(CP(=O)(O)C(CCC(O)OCc2ccccc2)NC(=O)OCc2ccccc2)cc1. The molecule has 35 heavy (non-hydrogen) atoms. The van der Waals surface area contributed by atoms with Crippen LogP contribution in [0.3, 0.4) is 0 Å². The maximum atomic E-state index is 13.3. The first-order chi connectivity index (χ1) is 16.8. The molecule has 3 N–H and O–H groups in total. The first kappa shape index (κ1) is 26.6. The van der Waals surface area contributed by atoms with Crippen molar-refractivity contribution in [3.05, 3.63) is 107 Å². The summed E-state index contributed by atoms with van der Waals surface area (Å²) in [6, 6.07) is 25.9. The van der Waals surface area contributed by atoms with Crippen molar-refractivity contribution in [2.24, 2.45) is 0 Å². The number of aliphatic hydroxyl groups excluding tert-OH is 1. The lowest BCUT2D eigenvalue weighted by Crippen LogP contribution is -2.36. The normalized spacial score (nSPS) is 14.5. The quantitative estimate of drug-likeness (QED) is 0.231. The number of carbonyl (C=O) groups is 1. The fraction of sp³-hybridized carbons (Fsp3) is 0.296. The van der Waals surface area contributed by atoms with Crippen molar-refractivity contribution in [2.75, 3.05) is 0 Å². The summed E-state index contributed by atoms with van der Waals surface area (Å²) in [5.74, 6) is -1.11. The van der Waals surface area contributed by atoms with Crippen molar-refractivity contribution in [1.82, 2.24) is 5.32 Å². The zero-order chi connectivity index (χ0) is 25.1. The molecule has 0 spiro atoms. The molecule has 3 rings (SSSR count). The van der Waals surface area contributed by atoms with Gasteiger partial charge in [0.2, 0.25) is 7.37 Å². The average Bonchev–Trinajstić information content (AvgIpc) is 2.86. The van der Waals surface area contributed by atoms with Crippen LogP contribution in [0.1, 0.15) is 35.1 Å². The Balaban J connectivity index is 1.62. The van der Waals surface area contributed by atoms with E-state index in [0.29, 0.717) is 5.56 Å². The van der Waals surface area contributed by atoms with Gasteiger partial charge in [-0.2, -0.15) is 0 Å². The minimum Gasteiger partial charge on any atom is -0.445 e. The first-order valence-electron chi connectivity index (χ1n) is 11.5. The van der Waals surface area contributed by atoms with Crippen LogP contribution in [0.15, 0.2) is 84.9 Å². The molecule has 0 bridgehead atoms. The molecule has 3 unspecified atom stereocenters. The first-order valence-corrected chi connectivity index (χ1v) is 13.4. The van der Waals surface area contributed by atoms with Gasteiger partial charge in [-0.05, 0) is 30.0 Å². The molecule has 1 amide bonds. The monoisotopic (exact) mass is 497 g/mol. The molecule has 8 heteroatoms. The van der Waals surface area contributed by atoms with Gasteiger partial charge in [0.1, 0.15) is 12.4 Å². The number of nitrogens with one attached hydrogen (secondary N) is 1. The molecule has 186 valence electrons. The van der Waals surface area contributed by atoms with Gasteiger partial charge in [-0.15, -0.1) is 0 Å². The molecule has 0 saturated carbocycles. The van der Waals surface area contributed by atoms with Crippen LogP contribution in [0.2, 0.25) is 0 Å². The van der Waals surface area contributed by atoms with Crippen LogP contribution in [-0.2, 0) is 33.4 Å². The minimum atomic E-state index is -3.90. The summed E-state index contributed by atoms with van der Waals surface area (Å²) in [6.07, 6.45) is -1.96. The fourth-order valence-corrected chi connectivity index (χ4v) is 5.31. The third kappa shape index (κ3) is 9.30. The van der Waals surface area contributed by atoms with Crippen molar-refractivity contribution in [2.45, 2.75) is 51.2 Å². The zero-order valence-electron chi connectivity index (χ0n) is 19.7. The summed E-state index contributed by atoms with van der Waals surface area (Å²) >= 11 is 0. The number of benzene rings is 3. The van der Waals surface area contributed by atoms with Crippen molar-refractivity contribution < 1.29 is 28.8 Å². The molecule has 0 aliphatic carbocycles. The number of rotatable bonds is 12. The Morgan fingerprint density at radius 1 is 0.857 bits per heavy atom. The van der Waals surface area contributed by atoms with Crippen LogP contribution < -0.4 is 5.32 Å². The summed E-state index contributed by atoms with van der Waals surface area (Å²) in [5, 5.41) is 12.8. The Kier molecular flexibility index (Phi) is 10.1. The van der Waals surface area contributed by atoms with Gasteiger partial charge in [0.15, 0.2) is 6.29 Å². The molecule has 0 saturated heterocycles. The summed E-state index contributed by atoms with van der Waals surface area (Å²) in [7, 11) is -3.90. The van der Waals surface area contributed by atoms with Gasteiger partial charge < -0.3 is 24.8 Å². The lowest BCUT2D eigenvalue weighted by atomic mass is 10.2. The highest BCUT2D eigenvalue weighted by atomic mass is 31.2. The van der Waals surface area contributed by atoms with E-state index in [1.165, 1.54) is 0 Å². The number of alkyl carbamates (subject to hydrolysis) is 1. The van der Waals surface area contributed by atoms with Crippen molar-refractivity contribution in [3.8, 4) is 0 Å². The highest BCUT2D eigenvalue weighted by molar-refractivity contribution is 7.57. The second-order valence-electron chi connectivity index (χ2n) is 8.45.